The smallest absolute Gasteiger partial charge is 0.220 e. The summed E-state index contributed by atoms with van der Waals surface area (Å²) < 4.78 is 11.2. The van der Waals surface area contributed by atoms with Crippen LogP contribution in [0.3, 0.4) is 0 Å². The molecule has 0 bridgehead atoms. The lowest BCUT2D eigenvalue weighted by Gasteiger charge is -2.40. The standard InChI is InChI=1S/C62H103NO8/c1-3-5-7-9-11-13-15-17-19-20-21-22-23-24-25-26-27-28-29-30-31-32-33-34-35-36-38-40-42-44-46-48-50-52-58(66)63-55(54-70-62-61(69)60(68)59(67)57(53-64)71-62)56(65)51-49-47-45-43-41-39-37-18-16-14-12-10-8-6-4-2/h5,7,11,13,17,19,21-22,24-25,27-28,30-31,33-34,41,43,49,51,55-57,59-62,64-65,67-69H,3-4,6,8-10,12,14-16,18,20,23,26,29,32,35-40,42,44-48,50,52-54H2,1-2H3,(H,63,66)/b7-5-,13-11-,19-17-,22-21-,25-24-,28-27-,31-30-,34-33-,43-41+,51-49+. The minimum Gasteiger partial charge on any atom is -0.394 e. The lowest BCUT2D eigenvalue weighted by molar-refractivity contribution is -0.302. The molecule has 0 aliphatic carbocycles. The molecule has 1 aliphatic rings. The molecule has 1 heterocycles. The van der Waals surface area contributed by atoms with Gasteiger partial charge < -0.3 is 40.3 Å². The Kier molecular flexibility index (Phi) is 46.3. The fourth-order valence-electron chi connectivity index (χ4n) is 8.07. The number of allylic oxidation sites excluding steroid dienone is 19. The summed E-state index contributed by atoms with van der Waals surface area (Å²) in [4.78, 5) is 13.0. The highest BCUT2D eigenvalue weighted by molar-refractivity contribution is 5.76. The molecule has 1 saturated heterocycles. The van der Waals surface area contributed by atoms with E-state index in [1.807, 2.05) is 6.08 Å². The zero-order chi connectivity index (χ0) is 51.5. The molecular weight excluding hydrogens is 887 g/mol. The van der Waals surface area contributed by atoms with E-state index in [4.69, 9.17) is 9.47 Å². The molecule has 6 N–H and O–H groups in total. The minimum atomic E-state index is -1.58. The fraction of sp³-hybridized carbons (Fsp3) is 0.661. The first-order valence-corrected chi connectivity index (χ1v) is 28.3. The summed E-state index contributed by atoms with van der Waals surface area (Å²) in [5.74, 6) is -0.201. The van der Waals surface area contributed by atoms with Gasteiger partial charge in [0.2, 0.25) is 5.91 Å². The lowest BCUT2D eigenvalue weighted by atomic mass is 9.99. The highest BCUT2D eigenvalue weighted by atomic mass is 16.7. The fourth-order valence-corrected chi connectivity index (χ4v) is 8.07. The van der Waals surface area contributed by atoms with Crippen molar-refractivity contribution < 1.29 is 39.8 Å². The molecule has 71 heavy (non-hydrogen) atoms. The van der Waals surface area contributed by atoms with Gasteiger partial charge in [-0.2, -0.15) is 0 Å². The third kappa shape index (κ3) is 39.8. The van der Waals surface area contributed by atoms with Gasteiger partial charge in [0.05, 0.1) is 25.4 Å². The van der Waals surface area contributed by atoms with Gasteiger partial charge in [-0.05, 0) is 96.3 Å². The highest BCUT2D eigenvalue weighted by Crippen LogP contribution is 2.22. The molecule has 404 valence electrons. The first-order valence-electron chi connectivity index (χ1n) is 28.3. The van der Waals surface area contributed by atoms with Crippen LogP contribution in [0.4, 0.5) is 0 Å². The molecule has 0 aromatic heterocycles. The molecule has 7 unspecified atom stereocenters. The normalized spacial score (nSPS) is 20.2. The van der Waals surface area contributed by atoms with E-state index >= 15 is 0 Å². The topological polar surface area (TPSA) is 149 Å². The SMILES string of the molecule is CC/C=C\C/C=C\C/C=C\C/C=C\C/C=C\C/C=C\C/C=C\C/C=C\CCCCCCCCCCC(=O)NC(COC1OC(CO)C(O)C(O)C1O)C(O)/C=C/CC/C=C/CCCCCCCCCCC. The summed E-state index contributed by atoms with van der Waals surface area (Å²) in [6.07, 6.45) is 68.3. The van der Waals surface area contributed by atoms with Crippen LogP contribution in [0.15, 0.2) is 122 Å². The Hall–Kier alpha value is -3.41. The van der Waals surface area contributed by atoms with Gasteiger partial charge in [-0.3, -0.25) is 4.79 Å². The van der Waals surface area contributed by atoms with Crippen LogP contribution in [-0.2, 0) is 14.3 Å². The van der Waals surface area contributed by atoms with Crippen molar-refractivity contribution in [3.05, 3.63) is 122 Å². The number of aliphatic hydroxyl groups is 5. The number of carbonyl (C=O) groups excluding carboxylic acids is 1. The molecule has 9 heteroatoms. The van der Waals surface area contributed by atoms with Gasteiger partial charge in [0.15, 0.2) is 6.29 Å². The zero-order valence-corrected chi connectivity index (χ0v) is 44.7. The van der Waals surface area contributed by atoms with E-state index < -0.39 is 49.5 Å². The minimum absolute atomic E-state index is 0.201. The Labute approximate surface area is 433 Å². The maximum Gasteiger partial charge on any atom is 0.220 e. The number of hydrogen-bond acceptors (Lipinski definition) is 8. The zero-order valence-electron chi connectivity index (χ0n) is 44.7. The second-order valence-corrected chi connectivity index (χ2v) is 19.0. The Balaban J connectivity index is 2.23. The molecular formula is C62H103NO8. The molecule has 0 aromatic rings. The third-order valence-corrected chi connectivity index (χ3v) is 12.5. The molecule has 0 saturated carbocycles. The summed E-state index contributed by atoms with van der Waals surface area (Å²) >= 11 is 0. The second-order valence-electron chi connectivity index (χ2n) is 19.0. The van der Waals surface area contributed by atoms with Gasteiger partial charge in [-0.25, -0.2) is 0 Å². The summed E-state index contributed by atoms with van der Waals surface area (Å²) in [6, 6.07) is -0.835. The average molecular weight is 991 g/mol. The van der Waals surface area contributed by atoms with Crippen molar-refractivity contribution in [3.63, 3.8) is 0 Å². The van der Waals surface area contributed by atoms with E-state index in [1.165, 1.54) is 83.5 Å². The molecule has 0 radical (unpaired) electrons. The van der Waals surface area contributed by atoms with Crippen LogP contribution in [0, 0.1) is 0 Å². The Morgan fingerprint density at radius 2 is 0.887 bits per heavy atom. The Morgan fingerprint density at radius 1 is 0.493 bits per heavy atom. The van der Waals surface area contributed by atoms with E-state index in [1.54, 1.807) is 6.08 Å². The predicted octanol–water partition coefficient (Wildman–Crippen LogP) is 14.0. The summed E-state index contributed by atoms with van der Waals surface area (Å²) in [5, 5.41) is 54.4. The molecule has 0 spiro atoms. The van der Waals surface area contributed by atoms with Gasteiger partial charge in [-0.15, -0.1) is 0 Å². The number of aliphatic hydroxyl groups excluding tert-OH is 5. The maximum absolute atomic E-state index is 13.0. The number of unbranched alkanes of at least 4 members (excludes halogenated alkanes) is 18. The first-order chi connectivity index (χ1) is 34.8. The molecule has 1 aliphatic heterocycles. The average Bonchev–Trinajstić information content (AvgIpc) is 3.37. The highest BCUT2D eigenvalue weighted by Gasteiger charge is 2.44. The van der Waals surface area contributed by atoms with Crippen LogP contribution < -0.4 is 5.32 Å². The van der Waals surface area contributed by atoms with E-state index in [2.05, 4.69) is 129 Å². The van der Waals surface area contributed by atoms with Gasteiger partial charge in [0, 0.05) is 6.42 Å². The van der Waals surface area contributed by atoms with Crippen molar-refractivity contribution in [2.24, 2.45) is 0 Å². The number of amides is 1. The van der Waals surface area contributed by atoms with Crippen LogP contribution in [0.25, 0.3) is 0 Å². The van der Waals surface area contributed by atoms with Crippen molar-refractivity contribution >= 4 is 5.91 Å². The second kappa shape index (κ2) is 50.1. The van der Waals surface area contributed by atoms with E-state index in [0.29, 0.717) is 6.42 Å². The lowest BCUT2D eigenvalue weighted by Crippen LogP contribution is -2.60. The number of ether oxygens (including phenoxy) is 2. The van der Waals surface area contributed by atoms with Gasteiger partial charge in [-0.1, -0.05) is 225 Å². The quantitative estimate of drug-likeness (QED) is 0.0261. The predicted molar refractivity (Wildman–Crippen MR) is 299 cm³/mol. The molecule has 7 atom stereocenters. The van der Waals surface area contributed by atoms with Crippen LogP contribution >= 0.6 is 0 Å². The first kappa shape index (κ1) is 65.6. The molecule has 1 fully saturated rings. The monoisotopic (exact) mass is 990 g/mol. The number of nitrogens with one attached hydrogen (secondary N) is 1. The van der Waals surface area contributed by atoms with Crippen LogP contribution in [0.1, 0.15) is 206 Å². The van der Waals surface area contributed by atoms with E-state index in [-0.39, 0.29) is 12.5 Å². The largest absolute Gasteiger partial charge is 0.394 e. The molecule has 1 amide bonds. The van der Waals surface area contributed by atoms with E-state index in [0.717, 1.165) is 103 Å². The molecule has 0 aromatic carbocycles. The number of rotatable bonds is 46. The van der Waals surface area contributed by atoms with Crippen LogP contribution in [0.2, 0.25) is 0 Å². The van der Waals surface area contributed by atoms with Gasteiger partial charge in [0.1, 0.15) is 24.4 Å². The van der Waals surface area contributed by atoms with Crippen molar-refractivity contribution in [1.29, 1.82) is 0 Å². The third-order valence-electron chi connectivity index (χ3n) is 12.5. The summed E-state index contributed by atoms with van der Waals surface area (Å²) in [7, 11) is 0. The summed E-state index contributed by atoms with van der Waals surface area (Å²) in [5.41, 5.74) is 0. The van der Waals surface area contributed by atoms with Crippen molar-refractivity contribution in [3.8, 4) is 0 Å². The Bertz CT molecular complexity index is 1520. The van der Waals surface area contributed by atoms with Crippen molar-refractivity contribution in [2.45, 2.75) is 249 Å². The Morgan fingerprint density at radius 3 is 1.35 bits per heavy atom. The molecule has 9 nitrogen and oxygen atoms in total. The van der Waals surface area contributed by atoms with Gasteiger partial charge >= 0.3 is 0 Å². The van der Waals surface area contributed by atoms with Crippen molar-refractivity contribution in [1.82, 2.24) is 5.32 Å². The summed E-state index contributed by atoms with van der Waals surface area (Å²) in [6.45, 7) is 3.62. The number of hydrogen-bond donors (Lipinski definition) is 6. The van der Waals surface area contributed by atoms with Crippen molar-refractivity contribution in [2.75, 3.05) is 13.2 Å². The van der Waals surface area contributed by atoms with Gasteiger partial charge in [0.25, 0.3) is 0 Å². The van der Waals surface area contributed by atoms with Crippen LogP contribution in [-0.4, -0.2) is 87.5 Å². The maximum atomic E-state index is 13.0. The molecule has 1 rings (SSSR count). The number of carbonyl (C=O) groups is 1. The van der Waals surface area contributed by atoms with E-state index in [9.17, 15) is 30.3 Å². The van der Waals surface area contributed by atoms with Crippen LogP contribution in [0.5, 0.6) is 0 Å².